The molecule has 0 fully saturated rings. The van der Waals surface area contributed by atoms with Gasteiger partial charge in [-0.25, -0.2) is 0 Å². The number of rotatable bonds is 4. The molecule has 0 amide bonds. The average Bonchev–Trinajstić information content (AvgIpc) is 2.17. The molecule has 1 aromatic rings. The van der Waals surface area contributed by atoms with Crippen LogP contribution >= 0.6 is 15.9 Å². The molecule has 0 aromatic heterocycles. The summed E-state index contributed by atoms with van der Waals surface area (Å²) in [5, 5.41) is 9.03. The van der Waals surface area contributed by atoms with E-state index in [1.165, 1.54) is 5.56 Å². The Morgan fingerprint density at radius 3 is 2.38 bits per heavy atom. The first-order valence-electron chi connectivity index (χ1n) is 4.61. The van der Waals surface area contributed by atoms with E-state index < -0.39 is 0 Å². The fourth-order valence-corrected chi connectivity index (χ4v) is 1.56. The van der Waals surface area contributed by atoms with Crippen LogP contribution in [0.25, 0.3) is 0 Å². The normalized spacial score (nSPS) is 12.8. The van der Waals surface area contributed by atoms with Crippen LogP contribution in [0.5, 0.6) is 0 Å². The van der Waals surface area contributed by atoms with Crippen LogP contribution < -0.4 is 0 Å². The van der Waals surface area contributed by atoms with Crippen LogP contribution in [0.1, 0.15) is 18.9 Å². The van der Waals surface area contributed by atoms with Gasteiger partial charge in [-0.1, -0.05) is 41.4 Å². The molecule has 2 heteroatoms. The van der Waals surface area contributed by atoms with E-state index in [0.29, 0.717) is 5.92 Å². The molecule has 0 saturated carbocycles. The minimum Gasteiger partial charge on any atom is -0.396 e. The second kappa shape index (κ2) is 5.40. The Kier molecular flexibility index (Phi) is 4.46. The number of aliphatic hydroxyl groups excluding tert-OH is 1. The average molecular weight is 243 g/mol. The number of hydrogen-bond acceptors (Lipinski definition) is 1. The minimum absolute atomic E-state index is 0.284. The predicted octanol–water partition coefficient (Wildman–Crippen LogP) is 3.01. The maximum absolute atomic E-state index is 9.03. The molecule has 72 valence electrons. The lowest BCUT2D eigenvalue weighted by molar-refractivity contribution is 0.222. The molecule has 1 aromatic carbocycles. The Morgan fingerprint density at radius 1 is 1.31 bits per heavy atom. The van der Waals surface area contributed by atoms with Crippen molar-refractivity contribution in [2.75, 3.05) is 6.61 Å². The van der Waals surface area contributed by atoms with E-state index in [9.17, 15) is 0 Å². The van der Waals surface area contributed by atoms with Crippen LogP contribution in [-0.2, 0) is 6.42 Å². The van der Waals surface area contributed by atoms with E-state index in [-0.39, 0.29) is 6.61 Å². The van der Waals surface area contributed by atoms with Crippen LogP contribution in [0, 0.1) is 5.92 Å². The lowest BCUT2D eigenvalue weighted by Gasteiger charge is -2.10. The van der Waals surface area contributed by atoms with Crippen LogP contribution in [0.4, 0.5) is 0 Å². The SMILES string of the molecule is CCC(CO)Cc1ccc(Br)cc1. The summed E-state index contributed by atoms with van der Waals surface area (Å²) in [6, 6.07) is 8.28. The number of benzene rings is 1. The van der Waals surface area contributed by atoms with Crippen molar-refractivity contribution in [2.45, 2.75) is 19.8 Å². The fourth-order valence-electron chi connectivity index (χ4n) is 1.29. The van der Waals surface area contributed by atoms with Gasteiger partial charge in [-0.15, -0.1) is 0 Å². The van der Waals surface area contributed by atoms with E-state index in [2.05, 4.69) is 35.0 Å². The summed E-state index contributed by atoms with van der Waals surface area (Å²) >= 11 is 3.40. The molecule has 0 spiro atoms. The third-order valence-electron chi connectivity index (χ3n) is 2.27. The van der Waals surface area contributed by atoms with E-state index >= 15 is 0 Å². The second-order valence-corrected chi connectivity index (χ2v) is 4.20. The van der Waals surface area contributed by atoms with Crippen LogP contribution in [0.2, 0.25) is 0 Å². The lowest BCUT2D eigenvalue weighted by atomic mass is 9.98. The predicted molar refractivity (Wildman–Crippen MR) is 58.7 cm³/mol. The third kappa shape index (κ3) is 3.49. The summed E-state index contributed by atoms with van der Waals surface area (Å²) < 4.78 is 1.10. The standard InChI is InChI=1S/C11H15BrO/c1-2-9(8-13)7-10-3-5-11(12)6-4-10/h3-6,9,13H,2,7-8H2,1H3. The van der Waals surface area contributed by atoms with E-state index in [1.807, 2.05) is 12.1 Å². The Morgan fingerprint density at radius 2 is 1.92 bits per heavy atom. The minimum atomic E-state index is 0.284. The molecule has 1 nitrogen and oxygen atoms in total. The van der Waals surface area contributed by atoms with Crippen molar-refractivity contribution in [3.63, 3.8) is 0 Å². The van der Waals surface area contributed by atoms with Gasteiger partial charge in [0.2, 0.25) is 0 Å². The molecule has 0 aliphatic carbocycles. The maximum Gasteiger partial charge on any atom is 0.0462 e. The molecule has 1 N–H and O–H groups in total. The highest BCUT2D eigenvalue weighted by atomic mass is 79.9. The summed E-state index contributed by atoms with van der Waals surface area (Å²) in [7, 11) is 0. The number of hydrogen-bond donors (Lipinski definition) is 1. The van der Waals surface area contributed by atoms with Crippen molar-refractivity contribution in [3.05, 3.63) is 34.3 Å². The van der Waals surface area contributed by atoms with Crippen LogP contribution in [-0.4, -0.2) is 11.7 Å². The fraction of sp³-hybridized carbons (Fsp3) is 0.455. The van der Waals surface area contributed by atoms with E-state index in [0.717, 1.165) is 17.3 Å². The molecule has 0 bridgehead atoms. The largest absolute Gasteiger partial charge is 0.396 e. The molecule has 1 unspecified atom stereocenters. The van der Waals surface area contributed by atoms with Crippen LogP contribution in [0.15, 0.2) is 28.7 Å². The van der Waals surface area contributed by atoms with Crippen molar-refractivity contribution in [3.8, 4) is 0 Å². The van der Waals surface area contributed by atoms with Crippen LogP contribution in [0.3, 0.4) is 0 Å². The smallest absolute Gasteiger partial charge is 0.0462 e. The molecule has 13 heavy (non-hydrogen) atoms. The Balaban J connectivity index is 2.58. The molecule has 0 heterocycles. The zero-order chi connectivity index (χ0) is 9.68. The first-order valence-corrected chi connectivity index (χ1v) is 5.40. The summed E-state index contributed by atoms with van der Waals surface area (Å²) in [6.45, 7) is 2.40. The molecule has 0 radical (unpaired) electrons. The second-order valence-electron chi connectivity index (χ2n) is 3.29. The summed E-state index contributed by atoms with van der Waals surface area (Å²) in [5.41, 5.74) is 1.30. The number of halogens is 1. The van der Waals surface area contributed by atoms with Crippen molar-refractivity contribution >= 4 is 15.9 Å². The van der Waals surface area contributed by atoms with Gasteiger partial charge in [0.05, 0.1) is 0 Å². The lowest BCUT2D eigenvalue weighted by Crippen LogP contribution is -2.07. The molecular weight excluding hydrogens is 228 g/mol. The molecule has 0 aliphatic heterocycles. The molecule has 0 saturated heterocycles. The summed E-state index contributed by atoms with van der Waals surface area (Å²) in [4.78, 5) is 0. The summed E-state index contributed by atoms with van der Waals surface area (Å²) in [6.07, 6.45) is 2.01. The maximum atomic E-state index is 9.03. The molecular formula is C11H15BrO. The van der Waals surface area contributed by atoms with Gasteiger partial charge in [0.25, 0.3) is 0 Å². The Labute approximate surface area is 87.9 Å². The van der Waals surface area contributed by atoms with Crippen molar-refractivity contribution in [1.29, 1.82) is 0 Å². The quantitative estimate of drug-likeness (QED) is 0.861. The van der Waals surface area contributed by atoms with Gasteiger partial charge in [-0.2, -0.15) is 0 Å². The van der Waals surface area contributed by atoms with Gasteiger partial charge in [-0.3, -0.25) is 0 Å². The third-order valence-corrected chi connectivity index (χ3v) is 2.80. The highest BCUT2D eigenvalue weighted by molar-refractivity contribution is 9.10. The number of aliphatic hydroxyl groups is 1. The van der Waals surface area contributed by atoms with Gasteiger partial charge in [0.1, 0.15) is 0 Å². The van der Waals surface area contributed by atoms with Gasteiger partial charge in [-0.05, 0) is 30.0 Å². The Bertz CT molecular complexity index is 239. The molecule has 1 atom stereocenters. The van der Waals surface area contributed by atoms with Crippen molar-refractivity contribution in [1.82, 2.24) is 0 Å². The van der Waals surface area contributed by atoms with E-state index in [1.54, 1.807) is 0 Å². The summed E-state index contributed by atoms with van der Waals surface area (Å²) in [5.74, 6) is 0.404. The first-order chi connectivity index (χ1) is 6.26. The Hall–Kier alpha value is -0.340. The first kappa shape index (κ1) is 10.7. The van der Waals surface area contributed by atoms with Gasteiger partial charge in [0.15, 0.2) is 0 Å². The zero-order valence-electron chi connectivity index (χ0n) is 7.83. The molecule has 0 aliphatic rings. The highest BCUT2D eigenvalue weighted by Crippen LogP contribution is 2.15. The highest BCUT2D eigenvalue weighted by Gasteiger charge is 2.05. The van der Waals surface area contributed by atoms with Crippen molar-refractivity contribution < 1.29 is 5.11 Å². The van der Waals surface area contributed by atoms with Gasteiger partial charge < -0.3 is 5.11 Å². The topological polar surface area (TPSA) is 20.2 Å². The van der Waals surface area contributed by atoms with Gasteiger partial charge in [0, 0.05) is 11.1 Å². The molecule has 1 rings (SSSR count). The zero-order valence-corrected chi connectivity index (χ0v) is 9.42. The van der Waals surface area contributed by atoms with Crippen molar-refractivity contribution in [2.24, 2.45) is 5.92 Å². The van der Waals surface area contributed by atoms with Gasteiger partial charge >= 0.3 is 0 Å². The van der Waals surface area contributed by atoms with E-state index in [4.69, 9.17) is 5.11 Å². The monoisotopic (exact) mass is 242 g/mol.